The van der Waals surface area contributed by atoms with E-state index in [0.29, 0.717) is 12.1 Å². The molecule has 2 heteroatoms. The Morgan fingerprint density at radius 3 is 1.50 bits per heavy atom. The second-order valence-electron chi connectivity index (χ2n) is 3.07. The van der Waals surface area contributed by atoms with Crippen LogP contribution < -0.4 is 10.6 Å². The van der Waals surface area contributed by atoms with Gasteiger partial charge in [0, 0.05) is 14.9 Å². The summed E-state index contributed by atoms with van der Waals surface area (Å²) in [6.45, 7) is 4.00. The maximum atomic E-state index is 3.34. The van der Waals surface area contributed by atoms with Crippen molar-refractivity contribution in [1.29, 1.82) is 0 Å². The van der Waals surface area contributed by atoms with Crippen LogP contribution in [0.15, 0.2) is 0 Å². The highest BCUT2D eigenvalue weighted by molar-refractivity contribution is 4.83. The van der Waals surface area contributed by atoms with Crippen molar-refractivity contribution in [2.45, 2.75) is 51.6 Å². The molecular weight excluding hydrogens is 148 g/mol. The van der Waals surface area contributed by atoms with E-state index < -0.39 is 0 Å². The van der Waals surface area contributed by atoms with Gasteiger partial charge in [-0.15, -0.1) is 0 Å². The van der Waals surface area contributed by atoms with E-state index in [2.05, 4.69) is 24.7 Å². The van der Waals surface area contributed by atoms with E-state index in [9.17, 15) is 0 Å². The largest absolute Gasteiger partial charge is 0.315 e. The molecule has 0 radical (unpaired) electrons. The molecular formula is C10H28N2. The summed E-state index contributed by atoms with van der Waals surface area (Å²) in [6, 6.07) is 1.41. The Kier molecular flexibility index (Phi) is 7.51. The van der Waals surface area contributed by atoms with Crippen LogP contribution in [0.5, 0.6) is 0 Å². The molecule has 0 spiro atoms. The van der Waals surface area contributed by atoms with E-state index in [0.717, 1.165) is 0 Å². The lowest BCUT2D eigenvalue weighted by Crippen LogP contribution is -2.47. The van der Waals surface area contributed by atoms with Gasteiger partial charge in [0.1, 0.15) is 0 Å². The second kappa shape index (κ2) is 7.56. The van der Waals surface area contributed by atoms with Crippen LogP contribution in [0.3, 0.4) is 0 Å². The lowest BCUT2D eigenvalue weighted by molar-refractivity contribution is 0.309. The van der Waals surface area contributed by atoms with E-state index in [1.165, 1.54) is 25.7 Å². The summed E-state index contributed by atoms with van der Waals surface area (Å²) >= 11 is 0. The maximum absolute atomic E-state index is 3.34. The standard InChI is InChI=1S/C8H18N2.C2H6.2H2/c1-9-7-5-3-4-6-8(7)10-2;1-2;;/h7-10H,3-6H2,1-2H3;1-2H3;2*1H/t7-,8-;;;/m0.../s1. The van der Waals surface area contributed by atoms with E-state index in [4.69, 9.17) is 0 Å². The molecule has 1 aliphatic carbocycles. The van der Waals surface area contributed by atoms with Crippen LogP contribution >= 0.6 is 0 Å². The smallest absolute Gasteiger partial charge is 0.0218 e. The van der Waals surface area contributed by atoms with E-state index in [1.54, 1.807) is 0 Å². The first kappa shape index (κ1) is 11.9. The van der Waals surface area contributed by atoms with Crippen LogP contribution in [0, 0.1) is 0 Å². The SMILES string of the molecule is CC.CN[C@H]1CCCC[C@@H]1NC.[HH].[HH]. The van der Waals surface area contributed by atoms with Gasteiger partial charge >= 0.3 is 0 Å². The third kappa shape index (κ3) is 3.55. The minimum absolute atomic E-state index is 0. The molecule has 0 amide bonds. The van der Waals surface area contributed by atoms with Crippen LogP contribution in [-0.4, -0.2) is 26.2 Å². The van der Waals surface area contributed by atoms with Gasteiger partial charge in [-0.2, -0.15) is 0 Å². The van der Waals surface area contributed by atoms with Crippen molar-refractivity contribution in [2.75, 3.05) is 14.1 Å². The fourth-order valence-corrected chi connectivity index (χ4v) is 1.82. The normalized spacial score (nSPS) is 29.0. The van der Waals surface area contributed by atoms with Crippen LogP contribution in [-0.2, 0) is 0 Å². The van der Waals surface area contributed by atoms with Crippen LogP contribution in [0.1, 0.15) is 42.4 Å². The lowest BCUT2D eigenvalue weighted by Gasteiger charge is -2.30. The summed E-state index contributed by atoms with van der Waals surface area (Å²) < 4.78 is 0. The van der Waals surface area contributed by atoms with Crippen molar-refractivity contribution in [3.63, 3.8) is 0 Å². The molecule has 2 N–H and O–H groups in total. The third-order valence-electron chi connectivity index (χ3n) is 2.51. The topological polar surface area (TPSA) is 24.1 Å². The minimum Gasteiger partial charge on any atom is -0.315 e. The van der Waals surface area contributed by atoms with Crippen LogP contribution in [0.4, 0.5) is 0 Å². The Morgan fingerprint density at radius 1 is 0.917 bits per heavy atom. The van der Waals surface area contributed by atoms with E-state index >= 15 is 0 Å². The molecule has 0 bridgehead atoms. The summed E-state index contributed by atoms with van der Waals surface area (Å²) in [5.41, 5.74) is 0. The summed E-state index contributed by atoms with van der Waals surface area (Å²) in [6.07, 6.45) is 5.46. The molecule has 1 aliphatic rings. The molecule has 0 aromatic carbocycles. The minimum atomic E-state index is 0. The molecule has 1 fully saturated rings. The third-order valence-corrected chi connectivity index (χ3v) is 2.51. The quantitative estimate of drug-likeness (QED) is 0.674. The molecule has 1 saturated carbocycles. The first-order valence-electron chi connectivity index (χ1n) is 5.23. The molecule has 0 saturated heterocycles. The molecule has 0 unspecified atom stereocenters. The number of hydrogen-bond acceptors (Lipinski definition) is 2. The van der Waals surface area contributed by atoms with Gasteiger partial charge in [0.2, 0.25) is 0 Å². The van der Waals surface area contributed by atoms with Crippen molar-refractivity contribution in [3.05, 3.63) is 0 Å². The van der Waals surface area contributed by atoms with Crippen molar-refractivity contribution < 1.29 is 2.85 Å². The number of likely N-dealkylation sites (N-methyl/N-ethyl adjacent to an activating group) is 2. The molecule has 78 valence electrons. The Bertz CT molecular complexity index is 90.1. The summed E-state index contributed by atoms with van der Waals surface area (Å²) in [5.74, 6) is 0. The average molecular weight is 176 g/mol. The van der Waals surface area contributed by atoms with Crippen LogP contribution in [0.2, 0.25) is 0 Å². The molecule has 2 nitrogen and oxygen atoms in total. The highest BCUT2D eigenvalue weighted by Gasteiger charge is 2.21. The Hall–Kier alpha value is -0.0800. The average Bonchev–Trinajstić information content (AvgIpc) is 2.20. The lowest BCUT2D eigenvalue weighted by atomic mass is 9.91. The number of rotatable bonds is 2. The summed E-state index contributed by atoms with van der Waals surface area (Å²) in [4.78, 5) is 0. The van der Waals surface area contributed by atoms with Crippen molar-refractivity contribution in [1.82, 2.24) is 10.6 Å². The molecule has 12 heavy (non-hydrogen) atoms. The zero-order valence-corrected chi connectivity index (χ0v) is 8.98. The highest BCUT2D eigenvalue weighted by Crippen LogP contribution is 2.17. The monoisotopic (exact) mass is 176 g/mol. The van der Waals surface area contributed by atoms with Gasteiger partial charge in [-0.05, 0) is 26.9 Å². The Balaban J connectivity index is -0.000000284. The van der Waals surface area contributed by atoms with Gasteiger partial charge in [0.15, 0.2) is 0 Å². The van der Waals surface area contributed by atoms with Crippen molar-refractivity contribution in [2.24, 2.45) is 0 Å². The maximum Gasteiger partial charge on any atom is 0.0218 e. The van der Waals surface area contributed by atoms with Crippen LogP contribution in [0.25, 0.3) is 0 Å². The zero-order valence-electron chi connectivity index (χ0n) is 8.98. The second-order valence-corrected chi connectivity index (χ2v) is 3.07. The fraction of sp³-hybridized carbons (Fsp3) is 1.00. The van der Waals surface area contributed by atoms with Gasteiger partial charge in [-0.25, -0.2) is 0 Å². The summed E-state index contributed by atoms with van der Waals surface area (Å²) in [5, 5.41) is 6.68. The molecule has 0 heterocycles. The molecule has 0 aliphatic heterocycles. The molecule has 1 rings (SSSR count). The van der Waals surface area contributed by atoms with Gasteiger partial charge in [0.25, 0.3) is 0 Å². The number of nitrogens with one attached hydrogen (secondary N) is 2. The highest BCUT2D eigenvalue weighted by atomic mass is 15.0. The van der Waals surface area contributed by atoms with Crippen molar-refractivity contribution in [3.8, 4) is 0 Å². The Labute approximate surface area is 80.1 Å². The first-order chi connectivity index (χ1) is 5.88. The molecule has 2 atom stereocenters. The molecule has 0 aromatic rings. The summed E-state index contributed by atoms with van der Waals surface area (Å²) in [7, 11) is 4.11. The van der Waals surface area contributed by atoms with Gasteiger partial charge < -0.3 is 10.6 Å². The molecule has 0 aromatic heterocycles. The van der Waals surface area contributed by atoms with Gasteiger partial charge in [-0.3, -0.25) is 0 Å². The van der Waals surface area contributed by atoms with E-state index in [1.807, 2.05) is 13.8 Å². The number of hydrogen-bond donors (Lipinski definition) is 2. The van der Waals surface area contributed by atoms with Crippen molar-refractivity contribution >= 4 is 0 Å². The van der Waals surface area contributed by atoms with E-state index in [-0.39, 0.29) is 2.85 Å². The van der Waals surface area contributed by atoms with Gasteiger partial charge in [0.05, 0.1) is 0 Å². The predicted molar refractivity (Wildman–Crippen MR) is 59.7 cm³/mol. The fourth-order valence-electron chi connectivity index (χ4n) is 1.82. The van der Waals surface area contributed by atoms with Gasteiger partial charge in [-0.1, -0.05) is 26.7 Å². The first-order valence-corrected chi connectivity index (χ1v) is 5.23. The zero-order chi connectivity index (χ0) is 9.40. The Morgan fingerprint density at radius 2 is 1.25 bits per heavy atom. The predicted octanol–water partition coefficient (Wildman–Crippen LogP) is 2.25.